The van der Waals surface area contributed by atoms with Gasteiger partial charge in [0.05, 0.1) is 11.1 Å². The second-order valence-corrected chi connectivity index (χ2v) is 7.78. The van der Waals surface area contributed by atoms with Crippen LogP contribution in [0.1, 0.15) is 12.0 Å². The summed E-state index contributed by atoms with van der Waals surface area (Å²) in [4.78, 5) is 28.1. The van der Waals surface area contributed by atoms with Crippen molar-refractivity contribution in [1.29, 1.82) is 0 Å². The molecule has 3 aromatic rings. The summed E-state index contributed by atoms with van der Waals surface area (Å²) in [5, 5.41) is 2.82. The van der Waals surface area contributed by atoms with Crippen molar-refractivity contribution in [3.8, 4) is 0 Å². The van der Waals surface area contributed by atoms with Crippen LogP contribution in [0.2, 0.25) is 0 Å². The van der Waals surface area contributed by atoms with Gasteiger partial charge < -0.3 is 14.6 Å². The lowest BCUT2D eigenvalue weighted by Crippen LogP contribution is -2.47. The maximum absolute atomic E-state index is 12.7. The van der Waals surface area contributed by atoms with Crippen LogP contribution < -0.4 is 16.0 Å². The number of rotatable bonds is 5. The number of anilines is 2. The van der Waals surface area contributed by atoms with E-state index in [0.717, 1.165) is 30.9 Å². The average molecular weight is 448 g/mol. The molecule has 32 heavy (non-hydrogen) atoms. The fraction of sp³-hybridized carbons (Fsp3) is 0.364. The molecule has 1 aromatic heterocycles. The Bertz CT molecular complexity index is 1160. The number of carbonyl (C=O) groups is 1. The van der Waals surface area contributed by atoms with Crippen LogP contribution >= 0.6 is 0 Å². The number of nitrogens with zero attached hydrogens (tertiary/aromatic N) is 3. The summed E-state index contributed by atoms with van der Waals surface area (Å²) < 4.78 is 44.7. The first kappa shape index (κ1) is 21.9. The van der Waals surface area contributed by atoms with Gasteiger partial charge in [-0.25, -0.2) is 4.79 Å². The van der Waals surface area contributed by atoms with Gasteiger partial charge in [0.25, 0.3) is 0 Å². The van der Waals surface area contributed by atoms with E-state index in [1.54, 1.807) is 25.2 Å². The number of halogens is 3. The molecule has 0 atom stereocenters. The van der Waals surface area contributed by atoms with E-state index in [1.165, 1.54) is 16.7 Å². The van der Waals surface area contributed by atoms with Gasteiger partial charge in [-0.1, -0.05) is 0 Å². The molecule has 10 heteroatoms. The summed E-state index contributed by atoms with van der Waals surface area (Å²) in [7, 11) is 1.61. The highest BCUT2D eigenvalue weighted by Gasteiger charge is 2.30. The third kappa shape index (κ3) is 4.80. The first-order chi connectivity index (χ1) is 15.2. The number of piperazine rings is 1. The molecule has 0 aliphatic carbocycles. The number of amides is 1. The van der Waals surface area contributed by atoms with Crippen molar-refractivity contribution in [3.05, 3.63) is 58.6 Å². The summed E-state index contributed by atoms with van der Waals surface area (Å²) in [6.07, 6.45) is -4.03. The van der Waals surface area contributed by atoms with Crippen molar-refractivity contribution < 1.29 is 22.4 Å². The molecule has 0 spiro atoms. The lowest BCUT2D eigenvalue weighted by atomic mass is 10.1. The standard InChI is InChI=1S/C22H23F3N4O3/c1-27-18-7-4-16(14-19(18)32-21(27)31)26-20(30)8-9-28-10-12-29(13-11-28)17-5-2-15(3-6-17)22(23,24)25/h2-7,14H,8-13H2,1H3,(H,26,30). The third-order valence-corrected chi connectivity index (χ3v) is 5.66. The molecule has 0 saturated carbocycles. The Balaban J connectivity index is 1.25. The minimum absolute atomic E-state index is 0.146. The lowest BCUT2D eigenvalue weighted by molar-refractivity contribution is -0.137. The van der Waals surface area contributed by atoms with Gasteiger partial charge in [-0.3, -0.25) is 14.3 Å². The molecule has 4 rings (SSSR count). The fourth-order valence-electron chi connectivity index (χ4n) is 3.79. The Labute approximate surface area is 182 Å². The number of aromatic nitrogens is 1. The fourth-order valence-corrected chi connectivity index (χ4v) is 3.79. The minimum Gasteiger partial charge on any atom is -0.408 e. The van der Waals surface area contributed by atoms with Crippen LogP contribution in [0.4, 0.5) is 24.5 Å². The van der Waals surface area contributed by atoms with E-state index in [-0.39, 0.29) is 5.91 Å². The van der Waals surface area contributed by atoms with Crippen LogP contribution in [-0.4, -0.2) is 48.1 Å². The molecular formula is C22H23F3N4O3. The highest BCUT2D eigenvalue weighted by molar-refractivity contribution is 5.92. The Hall–Kier alpha value is -3.27. The molecule has 1 fully saturated rings. The van der Waals surface area contributed by atoms with Crippen LogP contribution in [-0.2, 0) is 18.0 Å². The van der Waals surface area contributed by atoms with Crippen molar-refractivity contribution in [2.45, 2.75) is 12.6 Å². The van der Waals surface area contributed by atoms with E-state index in [9.17, 15) is 22.8 Å². The Morgan fingerprint density at radius 2 is 1.75 bits per heavy atom. The van der Waals surface area contributed by atoms with Gasteiger partial charge in [0.1, 0.15) is 0 Å². The Morgan fingerprint density at radius 3 is 2.41 bits per heavy atom. The number of hydrogen-bond donors (Lipinski definition) is 1. The van der Waals surface area contributed by atoms with Gasteiger partial charge in [0, 0.05) is 63.6 Å². The molecule has 1 aliphatic rings. The highest BCUT2D eigenvalue weighted by Crippen LogP contribution is 2.30. The summed E-state index contributed by atoms with van der Waals surface area (Å²) in [6.45, 7) is 3.37. The number of fused-ring (bicyclic) bond motifs is 1. The molecule has 1 amide bonds. The second kappa shape index (κ2) is 8.70. The van der Waals surface area contributed by atoms with E-state index in [2.05, 4.69) is 10.2 Å². The monoisotopic (exact) mass is 448 g/mol. The SMILES string of the molecule is Cn1c(=O)oc2cc(NC(=O)CCN3CCN(c4ccc(C(F)(F)F)cc4)CC3)ccc21. The van der Waals surface area contributed by atoms with Gasteiger partial charge >= 0.3 is 11.9 Å². The zero-order chi connectivity index (χ0) is 22.9. The molecule has 0 bridgehead atoms. The first-order valence-corrected chi connectivity index (χ1v) is 10.2. The number of aryl methyl sites for hydroxylation is 1. The maximum Gasteiger partial charge on any atom is 0.419 e. The molecule has 1 N–H and O–H groups in total. The van der Waals surface area contributed by atoms with Crippen LogP contribution in [0.25, 0.3) is 11.1 Å². The predicted octanol–water partition coefficient (Wildman–Crippen LogP) is 3.30. The molecule has 170 valence electrons. The average Bonchev–Trinajstić information content (AvgIpc) is 3.05. The Kier molecular flexibility index (Phi) is 5.96. The molecular weight excluding hydrogens is 425 g/mol. The third-order valence-electron chi connectivity index (χ3n) is 5.66. The van der Waals surface area contributed by atoms with Gasteiger partial charge in [-0.15, -0.1) is 0 Å². The first-order valence-electron chi connectivity index (χ1n) is 10.2. The van der Waals surface area contributed by atoms with Gasteiger partial charge in [-0.2, -0.15) is 13.2 Å². The molecule has 1 aliphatic heterocycles. The van der Waals surface area contributed by atoms with Crippen LogP contribution in [0, 0.1) is 0 Å². The van der Waals surface area contributed by atoms with E-state index < -0.39 is 17.5 Å². The van der Waals surface area contributed by atoms with Crippen molar-refractivity contribution in [1.82, 2.24) is 9.47 Å². The van der Waals surface area contributed by atoms with Crippen molar-refractivity contribution in [2.75, 3.05) is 42.9 Å². The smallest absolute Gasteiger partial charge is 0.408 e. The lowest BCUT2D eigenvalue weighted by Gasteiger charge is -2.36. The summed E-state index contributed by atoms with van der Waals surface area (Å²) >= 11 is 0. The van der Waals surface area contributed by atoms with Crippen molar-refractivity contribution in [2.24, 2.45) is 7.05 Å². The summed E-state index contributed by atoms with van der Waals surface area (Å²) in [6, 6.07) is 10.3. The van der Waals surface area contributed by atoms with Crippen molar-refractivity contribution >= 4 is 28.4 Å². The van der Waals surface area contributed by atoms with Gasteiger partial charge in [0.2, 0.25) is 5.91 Å². The normalized spacial score (nSPS) is 15.3. The predicted molar refractivity (Wildman–Crippen MR) is 115 cm³/mol. The van der Waals surface area contributed by atoms with Crippen LogP contribution in [0.5, 0.6) is 0 Å². The summed E-state index contributed by atoms with van der Waals surface area (Å²) in [5.41, 5.74) is 1.73. The molecule has 0 unspecified atom stereocenters. The van der Waals surface area contributed by atoms with E-state index >= 15 is 0 Å². The molecule has 2 aromatic carbocycles. The van der Waals surface area contributed by atoms with E-state index in [1.807, 2.05) is 4.90 Å². The zero-order valence-corrected chi connectivity index (χ0v) is 17.5. The zero-order valence-electron chi connectivity index (χ0n) is 17.5. The highest BCUT2D eigenvalue weighted by atomic mass is 19.4. The number of hydrogen-bond acceptors (Lipinski definition) is 5. The van der Waals surface area contributed by atoms with Crippen LogP contribution in [0.15, 0.2) is 51.7 Å². The second-order valence-electron chi connectivity index (χ2n) is 7.78. The minimum atomic E-state index is -4.33. The molecule has 1 saturated heterocycles. The number of nitrogens with one attached hydrogen (secondary N) is 1. The number of alkyl halides is 3. The summed E-state index contributed by atoms with van der Waals surface area (Å²) in [5.74, 6) is -0.605. The molecule has 2 heterocycles. The maximum atomic E-state index is 12.7. The van der Waals surface area contributed by atoms with E-state index in [0.29, 0.717) is 42.8 Å². The van der Waals surface area contributed by atoms with Gasteiger partial charge in [-0.05, 0) is 36.4 Å². The topological polar surface area (TPSA) is 70.7 Å². The van der Waals surface area contributed by atoms with Crippen LogP contribution in [0.3, 0.4) is 0 Å². The number of oxazole rings is 1. The van der Waals surface area contributed by atoms with Crippen molar-refractivity contribution in [3.63, 3.8) is 0 Å². The van der Waals surface area contributed by atoms with E-state index in [4.69, 9.17) is 4.42 Å². The molecule has 0 radical (unpaired) electrons. The largest absolute Gasteiger partial charge is 0.419 e. The van der Waals surface area contributed by atoms with Gasteiger partial charge in [0.15, 0.2) is 5.58 Å². The number of carbonyl (C=O) groups excluding carboxylic acids is 1. The Morgan fingerprint density at radius 1 is 1.06 bits per heavy atom. The number of benzene rings is 2. The molecule has 7 nitrogen and oxygen atoms in total. The quantitative estimate of drug-likeness (QED) is 0.649.